The van der Waals surface area contributed by atoms with Gasteiger partial charge in [-0.05, 0) is 95.8 Å². The molecule has 4 heterocycles. The number of rotatable bonds is 2. The molecule has 240 valence electrons. The van der Waals surface area contributed by atoms with Crippen molar-refractivity contribution in [1.29, 1.82) is 0 Å². The van der Waals surface area contributed by atoms with E-state index in [0.29, 0.717) is 5.92 Å². The van der Waals surface area contributed by atoms with Gasteiger partial charge in [-0.15, -0.1) is 0 Å². The average molecular weight is 647 g/mol. The zero-order chi connectivity index (χ0) is 33.1. The van der Waals surface area contributed by atoms with E-state index in [1.54, 1.807) is 5.57 Å². The summed E-state index contributed by atoms with van der Waals surface area (Å²) in [5.74, 6) is 3.96. The SMILES string of the molecule is CC1(C)C2=C(C=CCC2)N(c2ccc3c4cc5c6c(c4n(-c4ccccc4)c3c2)Oc2ccccc2B6c2ccccc2O5)C2=CC=CCC21. The van der Waals surface area contributed by atoms with E-state index in [2.05, 4.69) is 157 Å². The number of fused-ring (bicyclic) bond motifs is 9. The van der Waals surface area contributed by atoms with E-state index < -0.39 is 0 Å². The Bertz CT molecular complexity index is 2560. The highest BCUT2D eigenvalue weighted by molar-refractivity contribution is 6.98. The minimum Gasteiger partial charge on any atom is -0.458 e. The Kier molecular flexibility index (Phi) is 5.74. The second-order valence-corrected chi connectivity index (χ2v) is 14.8. The summed E-state index contributed by atoms with van der Waals surface area (Å²) >= 11 is 0. The zero-order valence-corrected chi connectivity index (χ0v) is 28.2. The standard InChI is InChI=1S/C45H35BN2O2/c1-45(2)32-16-6-10-20-36(32)47(37-21-11-7-17-33(37)45)29-24-25-30-31-27-41-42-44(43(31)48(38(30)26-29)28-14-4-3-5-15-28)50-40-23-13-9-19-35(40)46(42)34-18-8-12-22-39(34)49-41/h3-6,8-15,18-27,32H,7,16-17H2,1-2H3. The van der Waals surface area contributed by atoms with Gasteiger partial charge in [-0.3, -0.25) is 0 Å². The van der Waals surface area contributed by atoms with E-state index in [-0.39, 0.29) is 12.1 Å². The van der Waals surface area contributed by atoms with Gasteiger partial charge in [0.05, 0.1) is 11.0 Å². The fourth-order valence-corrected chi connectivity index (χ4v) is 9.56. The second-order valence-electron chi connectivity index (χ2n) is 14.8. The van der Waals surface area contributed by atoms with E-state index >= 15 is 0 Å². The lowest BCUT2D eigenvalue weighted by atomic mass is 9.35. The van der Waals surface area contributed by atoms with E-state index in [4.69, 9.17) is 9.47 Å². The molecule has 0 saturated carbocycles. The Balaban J connectivity index is 1.22. The van der Waals surface area contributed by atoms with Crippen LogP contribution in [0.3, 0.4) is 0 Å². The quantitative estimate of drug-likeness (QED) is 0.175. The molecule has 0 radical (unpaired) electrons. The molecular weight excluding hydrogens is 611 g/mol. The highest BCUT2D eigenvalue weighted by atomic mass is 16.5. The molecule has 1 atom stereocenters. The Labute approximate surface area is 292 Å². The van der Waals surface area contributed by atoms with E-state index in [1.165, 1.54) is 33.4 Å². The Morgan fingerprint density at radius 2 is 1.50 bits per heavy atom. The number of hydrogen-bond donors (Lipinski definition) is 0. The molecule has 0 spiro atoms. The van der Waals surface area contributed by atoms with Crippen LogP contribution < -0.4 is 30.8 Å². The number of benzene rings is 5. The van der Waals surface area contributed by atoms with Crippen LogP contribution in [0.1, 0.15) is 33.1 Å². The molecule has 6 aromatic rings. The number of nitrogens with zero attached hydrogens (tertiary/aromatic N) is 2. The maximum Gasteiger partial charge on any atom is 0.260 e. The number of allylic oxidation sites excluding steroid dienone is 7. The van der Waals surface area contributed by atoms with Gasteiger partial charge in [0.2, 0.25) is 0 Å². The Hall–Kier alpha value is -5.68. The third-order valence-electron chi connectivity index (χ3n) is 11.9. The van der Waals surface area contributed by atoms with E-state index in [9.17, 15) is 0 Å². The van der Waals surface area contributed by atoms with Crippen molar-refractivity contribution in [2.75, 3.05) is 4.90 Å². The fraction of sp³-hybridized carbons (Fsp3) is 0.156. The van der Waals surface area contributed by atoms with Crippen molar-refractivity contribution in [3.05, 3.63) is 150 Å². The van der Waals surface area contributed by atoms with Crippen molar-refractivity contribution >= 4 is 50.6 Å². The third kappa shape index (κ3) is 3.72. The van der Waals surface area contributed by atoms with Crippen LogP contribution in [-0.4, -0.2) is 11.3 Å². The summed E-state index contributed by atoms with van der Waals surface area (Å²) in [6, 6.07) is 37.0. The smallest absolute Gasteiger partial charge is 0.260 e. The number of hydrogen-bond acceptors (Lipinski definition) is 3. The molecule has 11 rings (SSSR count). The predicted molar refractivity (Wildman–Crippen MR) is 205 cm³/mol. The summed E-state index contributed by atoms with van der Waals surface area (Å²) in [6.07, 6.45) is 14.9. The molecule has 0 saturated heterocycles. The van der Waals surface area contributed by atoms with Crippen LogP contribution in [0.5, 0.6) is 23.0 Å². The molecule has 3 aliphatic heterocycles. The molecule has 1 aromatic heterocycles. The highest BCUT2D eigenvalue weighted by Crippen LogP contribution is 2.54. The summed E-state index contributed by atoms with van der Waals surface area (Å²) in [5.41, 5.74) is 12.3. The lowest BCUT2D eigenvalue weighted by Gasteiger charge is -2.50. The monoisotopic (exact) mass is 646 g/mol. The van der Waals surface area contributed by atoms with Crippen LogP contribution in [0.15, 0.2) is 150 Å². The van der Waals surface area contributed by atoms with Crippen LogP contribution in [-0.2, 0) is 0 Å². The van der Waals surface area contributed by atoms with Crippen LogP contribution in [0, 0.1) is 11.3 Å². The van der Waals surface area contributed by atoms with Gasteiger partial charge in [-0.25, -0.2) is 0 Å². The first-order valence-corrected chi connectivity index (χ1v) is 17.9. The van der Waals surface area contributed by atoms with Crippen molar-refractivity contribution in [3.8, 4) is 28.7 Å². The number of para-hydroxylation sites is 3. The molecule has 0 N–H and O–H groups in total. The van der Waals surface area contributed by atoms with Crippen molar-refractivity contribution in [2.24, 2.45) is 11.3 Å². The summed E-state index contributed by atoms with van der Waals surface area (Å²) in [7, 11) is 0. The predicted octanol–water partition coefficient (Wildman–Crippen LogP) is 9.42. The number of aromatic nitrogens is 1. The fourth-order valence-electron chi connectivity index (χ4n) is 9.56. The van der Waals surface area contributed by atoms with Gasteiger partial charge in [0.1, 0.15) is 17.2 Å². The maximum absolute atomic E-state index is 7.01. The molecule has 0 amide bonds. The van der Waals surface area contributed by atoms with Crippen LogP contribution >= 0.6 is 0 Å². The molecule has 1 unspecified atom stereocenters. The third-order valence-corrected chi connectivity index (χ3v) is 11.9. The van der Waals surface area contributed by atoms with Gasteiger partial charge >= 0.3 is 0 Å². The summed E-state index contributed by atoms with van der Waals surface area (Å²) in [5, 5.41) is 2.30. The first kappa shape index (κ1) is 28.2. The van der Waals surface area contributed by atoms with Gasteiger partial charge in [0.15, 0.2) is 5.75 Å². The first-order chi connectivity index (χ1) is 24.6. The zero-order valence-electron chi connectivity index (χ0n) is 28.2. The molecule has 5 aromatic carbocycles. The van der Waals surface area contributed by atoms with Crippen LogP contribution in [0.2, 0.25) is 0 Å². The minimum absolute atomic E-state index is 0.0143. The second kappa shape index (κ2) is 10.2. The first-order valence-electron chi connectivity index (χ1n) is 17.9. The van der Waals surface area contributed by atoms with Crippen molar-refractivity contribution in [3.63, 3.8) is 0 Å². The van der Waals surface area contributed by atoms with Gasteiger partial charge < -0.3 is 18.9 Å². The highest BCUT2D eigenvalue weighted by Gasteiger charge is 2.45. The van der Waals surface area contributed by atoms with Crippen molar-refractivity contribution in [1.82, 2.24) is 4.57 Å². The number of anilines is 1. The molecule has 0 bridgehead atoms. The lowest BCUT2D eigenvalue weighted by molar-refractivity contribution is 0.277. The molecule has 0 fully saturated rings. The molecule has 4 nitrogen and oxygen atoms in total. The minimum atomic E-state index is 0.0143. The topological polar surface area (TPSA) is 26.6 Å². The largest absolute Gasteiger partial charge is 0.458 e. The Morgan fingerprint density at radius 1 is 0.740 bits per heavy atom. The van der Waals surface area contributed by atoms with Crippen molar-refractivity contribution in [2.45, 2.75) is 33.1 Å². The molecule has 5 heteroatoms. The van der Waals surface area contributed by atoms with Crippen molar-refractivity contribution < 1.29 is 9.47 Å². The lowest BCUT2D eigenvalue weighted by Crippen LogP contribution is -2.57. The Morgan fingerprint density at radius 3 is 2.32 bits per heavy atom. The summed E-state index contributed by atoms with van der Waals surface area (Å²) in [4.78, 5) is 2.55. The van der Waals surface area contributed by atoms with Gasteiger partial charge in [0.25, 0.3) is 6.71 Å². The summed E-state index contributed by atoms with van der Waals surface area (Å²) < 4.78 is 16.2. The molecule has 2 aliphatic carbocycles. The van der Waals surface area contributed by atoms with Gasteiger partial charge in [-0.2, -0.15) is 0 Å². The molecular formula is C45H35BN2O2. The van der Waals surface area contributed by atoms with Crippen LogP contribution in [0.4, 0.5) is 5.69 Å². The van der Waals surface area contributed by atoms with E-state index in [0.717, 1.165) is 69.8 Å². The van der Waals surface area contributed by atoms with E-state index in [1.807, 2.05) is 0 Å². The maximum atomic E-state index is 7.01. The molecule has 50 heavy (non-hydrogen) atoms. The number of ether oxygens (including phenoxy) is 2. The van der Waals surface area contributed by atoms with Crippen LogP contribution in [0.25, 0.3) is 27.5 Å². The normalized spacial score (nSPS) is 19.2. The molecule has 5 aliphatic rings. The van der Waals surface area contributed by atoms with Gasteiger partial charge in [-0.1, -0.05) is 92.7 Å². The summed E-state index contributed by atoms with van der Waals surface area (Å²) in [6.45, 7) is 4.92. The van der Waals surface area contributed by atoms with Gasteiger partial charge in [0, 0.05) is 44.9 Å². The average Bonchev–Trinajstić information content (AvgIpc) is 3.49.